The summed E-state index contributed by atoms with van der Waals surface area (Å²) < 4.78 is 4.80. The number of carbonyl (C=O) groups is 2. The summed E-state index contributed by atoms with van der Waals surface area (Å²) in [5, 5.41) is 24.5. The first kappa shape index (κ1) is 16.7. The van der Waals surface area contributed by atoms with Gasteiger partial charge in [0.2, 0.25) is 0 Å². The Kier molecular flexibility index (Phi) is 9.06. The van der Waals surface area contributed by atoms with Crippen LogP contribution >= 0.6 is 0 Å². The number of hydrogen-bond donors (Lipinski definition) is 4. The first-order chi connectivity index (χ1) is 8.43. The van der Waals surface area contributed by atoms with E-state index in [1.807, 2.05) is 0 Å². The van der Waals surface area contributed by atoms with E-state index in [4.69, 9.17) is 26.0 Å². The van der Waals surface area contributed by atoms with Gasteiger partial charge in [0.05, 0.1) is 18.6 Å². The molecule has 0 saturated heterocycles. The smallest absolute Gasteiger partial charge is 0.320 e. The number of carboxylic acid groups (broad SMARTS) is 1. The summed E-state index contributed by atoms with van der Waals surface area (Å²) in [6, 6.07) is -1.06. The molecule has 5 N–H and O–H groups in total. The maximum absolute atomic E-state index is 11.1. The van der Waals surface area contributed by atoms with Crippen molar-refractivity contribution in [3.63, 3.8) is 0 Å². The van der Waals surface area contributed by atoms with Crippen molar-refractivity contribution in [1.29, 1.82) is 0 Å². The highest BCUT2D eigenvalue weighted by Crippen LogP contribution is 1.99. The standard InChI is InChI=1S/C9H18N2O7/c10-7(9(13)14)3-4-8(12)17-5-1-2-6-18-11(15)16/h7,15-16H,1-6,10H2,(H,13,14). The molecule has 0 aromatic rings. The van der Waals surface area contributed by atoms with E-state index in [2.05, 4.69) is 4.84 Å². The van der Waals surface area contributed by atoms with Crippen LogP contribution in [0.1, 0.15) is 25.7 Å². The fourth-order valence-electron chi connectivity index (χ4n) is 1.01. The van der Waals surface area contributed by atoms with Gasteiger partial charge in [-0.3, -0.25) is 24.8 Å². The molecule has 0 fully saturated rings. The van der Waals surface area contributed by atoms with Gasteiger partial charge in [0.25, 0.3) is 0 Å². The highest BCUT2D eigenvalue weighted by atomic mass is 17.1. The molecule has 1 unspecified atom stereocenters. The van der Waals surface area contributed by atoms with Crippen molar-refractivity contribution < 1.29 is 34.7 Å². The van der Waals surface area contributed by atoms with Gasteiger partial charge in [-0.25, -0.2) is 0 Å². The van der Waals surface area contributed by atoms with Crippen molar-refractivity contribution in [2.45, 2.75) is 31.7 Å². The van der Waals surface area contributed by atoms with Crippen LogP contribution in [-0.4, -0.2) is 52.1 Å². The Bertz CT molecular complexity index is 259. The molecule has 0 aliphatic rings. The lowest BCUT2D eigenvalue weighted by molar-refractivity contribution is -0.492. The third-order valence-electron chi connectivity index (χ3n) is 1.99. The number of esters is 1. The number of ether oxygens (including phenoxy) is 1. The summed E-state index contributed by atoms with van der Waals surface area (Å²) in [5.74, 6) is -1.67. The average Bonchev–Trinajstić information content (AvgIpc) is 2.29. The molecule has 0 radical (unpaired) electrons. The van der Waals surface area contributed by atoms with Crippen molar-refractivity contribution in [3.05, 3.63) is 0 Å². The largest absolute Gasteiger partial charge is 0.480 e. The minimum absolute atomic E-state index is 0.0290. The van der Waals surface area contributed by atoms with E-state index < -0.39 is 18.0 Å². The van der Waals surface area contributed by atoms with Crippen molar-refractivity contribution in [2.75, 3.05) is 13.2 Å². The van der Waals surface area contributed by atoms with E-state index >= 15 is 0 Å². The molecule has 106 valence electrons. The predicted molar refractivity (Wildman–Crippen MR) is 56.4 cm³/mol. The van der Waals surface area contributed by atoms with Crippen LogP contribution in [0.25, 0.3) is 0 Å². The van der Waals surface area contributed by atoms with Crippen LogP contribution in [0.2, 0.25) is 0 Å². The number of carboxylic acids is 1. The lowest BCUT2D eigenvalue weighted by atomic mass is 10.2. The SMILES string of the molecule is NC(CCC(=O)OCCCCON(O)O)C(=O)O. The molecule has 0 bridgehead atoms. The van der Waals surface area contributed by atoms with Gasteiger partial charge in [0.15, 0.2) is 0 Å². The van der Waals surface area contributed by atoms with Crippen molar-refractivity contribution in [3.8, 4) is 0 Å². The molecule has 9 nitrogen and oxygen atoms in total. The number of rotatable bonds is 10. The Morgan fingerprint density at radius 2 is 1.83 bits per heavy atom. The Morgan fingerprint density at radius 1 is 1.22 bits per heavy atom. The number of aliphatic carboxylic acids is 1. The van der Waals surface area contributed by atoms with Crippen LogP contribution in [-0.2, 0) is 19.2 Å². The zero-order chi connectivity index (χ0) is 14.0. The Morgan fingerprint density at radius 3 is 2.39 bits per heavy atom. The second kappa shape index (κ2) is 9.74. The van der Waals surface area contributed by atoms with Gasteiger partial charge < -0.3 is 15.6 Å². The number of unbranched alkanes of at least 4 members (excludes halogenated alkanes) is 1. The van der Waals surface area contributed by atoms with Crippen LogP contribution in [0.5, 0.6) is 0 Å². The lowest BCUT2D eigenvalue weighted by Gasteiger charge is -2.08. The monoisotopic (exact) mass is 266 g/mol. The predicted octanol–water partition coefficient (Wildman–Crippen LogP) is -0.486. The molecule has 0 spiro atoms. The van der Waals surface area contributed by atoms with Crippen LogP contribution in [0.4, 0.5) is 0 Å². The third kappa shape index (κ3) is 9.93. The molecule has 0 aliphatic heterocycles. The topological polar surface area (TPSA) is 143 Å². The molecule has 0 rings (SSSR count). The summed E-state index contributed by atoms with van der Waals surface area (Å²) in [5.41, 5.74) is 5.21. The summed E-state index contributed by atoms with van der Waals surface area (Å²) in [6.45, 7) is 0.232. The molecule has 0 aromatic heterocycles. The summed E-state index contributed by atoms with van der Waals surface area (Å²) >= 11 is 0. The normalized spacial score (nSPS) is 12.4. The van der Waals surface area contributed by atoms with E-state index in [9.17, 15) is 9.59 Å². The maximum atomic E-state index is 11.1. The van der Waals surface area contributed by atoms with Crippen molar-refractivity contribution in [1.82, 2.24) is 5.39 Å². The first-order valence-corrected chi connectivity index (χ1v) is 5.38. The molecule has 9 heteroatoms. The van der Waals surface area contributed by atoms with Crippen LogP contribution in [0.3, 0.4) is 0 Å². The van der Waals surface area contributed by atoms with Crippen molar-refractivity contribution in [2.24, 2.45) is 5.73 Å². The number of nitrogens with zero attached hydrogens (tertiary/aromatic N) is 1. The summed E-state index contributed by atoms with van der Waals surface area (Å²) in [6.07, 6.45) is 0.941. The van der Waals surface area contributed by atoms with Gasteiger partial charge in [-0.2, -0.15) is 0 Å². The van der Waals surface area contributed by atoms with E-state index in [0.717, 1.165) is 0 Å². The Balaban J connectivity index is 3.40. The van der Waals surface area contributed by atoms with Crippen molar-refractivity contribution >= 4 is 11.9 Å². The molecule has 1 atom stereocenters. The Labute approximate surface area is 104 Å². The zero-order valence-corrected chi connectivity index (χ0v) is 9.82. The molecule has 0 amide bonds. The molecule has 0 saturated carbocycles. The second-order valence-electron chi connectivity index (χ2n) is 3.50. The highest BCUT2D eigenvalue weighted by Gasteiger charge is 2.13. The Hall–Kier alpha value is -1.26. The van der Waals surface area contributed by atoms with E-state index in [1.54, 1.807) is 0 Å². The minimum Gasteiger partial charge on any atom is -0.480 e. The average molecular weight is 266 g/mol. The maximum Gasteiger partial charge on any atom is 0.320 e. The molecular formula is C9H18N2O7. The first-order valence-electron chi connectivity index (χ1n) is 5.38. The second-order valence-corrected chi connectivity index (χ2v) is 3.50. The third-order valence-corrected chi connectivity index (χ3v) is 1.99. The minimum atomic E-state index is -1.16. The van der Waals surface area contributed by atoms with E-state index in [1.165, 1.54) is 0 Å². The van der Waals surface area contributed by atoms with E-state index in [0.29, 0.717) is 12.8 Å². The van der Waals surface area contributed by atoms with Gasteiger partial charge in [-0.1, -0.05) is 0 Å². The molecule has 0 aliphatic carbocycles. The highest BCUT2D eigenvalue weighted by molar-refractivity contribution is 5.75. The molecule has 0 heterocycles. The van der Waals surface area contributed by atoms with E-state index in [-0.39, 0.29) is 31.4 Å². The van der Waals surface area contributed by atoms with Crippen LogP contribution < -0.4 is 5.73 Å². The van der Waals surface area contributed by atoms with Gasteiger partial charge in [0, 0.05) is 6.42 Å². The summed E-state index contributed by atoms with van der Waals surface area (Å²) in [4.78, 5) is 25.8. The lowest BCUT2D eigenvalue weighted by Crippen LogP contribution is -2.30. The fourth-order valence-corrected chi connectivity index (χ4v) is 1.01. The number of hydrogen-bond acceptors (Lipinski definition) is 8. The number of carbonyl (C=O) groups excluding carboxylic acids is 1. The quantitative estimate of drug-likeness (QED) is 0.234. The molecule has 18 heavy (non-hydrogen) atoms. The fraction of sp³-hybridized carbons (Fsp3) is 0.778. The van der Waals surface area contributed by atoms with Gasteiger partial charge in [-0.15, -0.1) is 0 Å². The van der Waals surface area contributed by atoms with Gasteiger partial charge >= 0.3 is 11.9 Å². The summed E-state index contributed by atoms with van der Waals surface area (Å²) in [7, 11) is 0. The van der Waals surface area contributed by atoms with Crippen LogP contribution in [0.15, 0.2) is 0 Å². The van der Waals surface area contributed by atoms with Gasteiger partial charge in [-0.05, 0) is 19.3 Å². The number of nitrogens with two attached hydrogens (primary N) is 1. The zero-order valence-electron chi connectivity index (χ0n) is 9.82. The van der Waals surface area contributed by atoms with Gasteiger partial charge in [0.1, 0.15) is 6.04 Å². The molecular weight excluding hydrogens is 248 g/mol. The molecule has 0 aromatic carbocycles. The van der Waals surface area contributed by atoms with Crippen LogP contribution in [0, 0.1) is 0 Å².